The number of hydrogen-bond acceptors (Lipinski definition) is 4. The fourth-order valence-corrected chi connectivity index (χ4v) is 4.28. The van der Waals surface area contributed by atoms with E-state index in [2.05, 4.69) is 17.2 Å². The molecule has 3 aromatic rings. The van der Waals surface area contributed by atoms with Gasteiger partial charge in [-0.3, -0.25) is 4.57 Å². The van der Waals surface area contributed by atoms with Gasteiger partial charge in [-0.1, -0.05) is 24.0 Å². The minimum absolute atomic E-state index is 0.000276. The van der Waals surface area contributed by atoms with Gasteiger partial charge in [-0.05, 0) is 38.1 Å². The Labute approximate surface area is 189 Å². The largest absolute Gasteiger partial charge is 0.434 e. The number of nitrogens with one attached hydrogen (secondary N) is 1. The SMILES string of the molecule is [2H]C([2H])([2H])N1C=c2cccc(OC(F)F)c2=C2C[C@@H]1c1nc3ccc(C#CCNC(C)C)cc3n12. The van der Waals surface area contributed by atoms with Crippen LogP contribution in [0.15, 0.2) is 36.4 Å². The normalized spacial score (nSPS) is 18.3. The van der Waals surface area contributed by atoms with E-state index in [0.29, 0.717) is 40.1 Å². The molecule has 0 saturated heterocycles. The number of ether oxygens (including phenoxy) is 1. The van der Waals surface area contributed by atoms with Crippen LogP contribution in [-0.2, 0) is 0 Å². The van der Waals surface area contributed by atoms with Crippen LogP contribution in [0.1, 0.15) is 41.8 Å². The molecule has 0 spiro atoms. The van der Waals surface area contributed by atoms with Gasteiger partial charge in [-0.2, -0.15) is 8.78 Å². The van der Waals surface area contributed by atoms with Crippen molar-refractivity contribution in [2.75, 3.05) is 13.5 Å². The quantitative estimate of drug-likeness (QED) is 0.638. The smallest absolute Gasteiger partial charge is 0.387 e. The molecule has 7 heteroatoms. The number of aromatic nitrogens is 2. The molecule has 0 fully saturated rings. The summed E-state index contributed by atoms with van der Waals surface area (Å²) in [6, 6.07) is 10.1. The molecule has 0 amide bonds. The van der Waals surface area contributed by atoms with E-state index >= 15 is 0 Å². The first kappa shape index (κ1) is 17.2. The Kier molecular flexibility index (Phi) is 4.28. The number of halogens is 2. The zero-order valence-corrected chi connectivity index (χ0v) is 17.7. The number of nitrogens with zero attached hydrogens (tertiary/aromatic N) is 3. The first-order valence-electron chi connectivity index (χ1n) is 12.0. The molecule has 2 aliphatic heterocycles. The maximum atomic E-state index is 13.3. The van der Waals surface area contributed by atoms with Crippen molar-refractivity contribution in [2.45, 2.75) is 39.0 Å². The van der Waals surface area contributed by atoms with Crippen molar-refractivity contribution in [3.05, 3.63) is 58.2 Å². The van der Waals surface area contributed by atoms with Crippen molar-refractivity contribution in [1.29, 1.82) is 0 Å². The predicted molar refractivity (Wildman–Crippen MR) is 120 cm³/mol. The summed E-state index contributed by atoms with van der Waals surface area (Å²) in [5.74, 6) is 6.79. The lowest BCUT2D eigenvalue weighted by Gasteiger charge is -2.20. The maximum Gasteiger partial charge on any atom is 0.387 e. The van der Waals surface area contributed by atoms with Crippen LogP contribution in [0, 0.1) is 11.8 Å². The van der Waals surface area contributed by atoms with E-state index in [9.17, 15) is 8.78 Å². The Balaban J connectivity index is 1.76. The second kappa shape index (κ2) is 7.95. The molecule has 0 aliphatic carbocycles. The van der Waals surface area contributed by atoms with Gasteiger partial charge in [0, 0.05) is 51.4 Å². The lowest BCUT2D eigenvalue weighted by atomic mass is 10.1. The monoisotopic (exact) mass is 437 g/mol. The lowest BCUT2D eigenvalue weighted by molar-refractivity contribution is -0.0505. The molecule has 1 aromatic heterocycles. The van der Waals surface area contributed by atoms with Gasteiger partial charge in [0.15, 0.2) is 0 Å². The second-order valence-corrected chi connectivity index (χ2v) is 8.15. The van der Waals surface area contributed by atoms with Gasteiger partial charge in [0.05, 0.1) is 23.6 Å². The van der Waals surface area contributed by atoms with Crippen LogP contribution in [0.3, 0.4) is 0 Å². The molecule has 164 valence electrons. The highest BCUT2D eigenvalue weighted by Gasteiger charge is 2.35. The summed E-state index contributed by atoms with van der Waals surface area (Å²) in [7, 11) is 0. The molecule has 0 radical (unpaired) electrons. The lowest BCUT2D eigenvalue weighted by Crippen LogP contribution is -2.32. The Bertz CT molecular complexity index is 1480. The van der Waals surface area contributed by atoms with Gasteiger partial charge in [0.25, 0.3) is 0 Å². The fraction of sp³-hybridized carbons (Fsp3) is 0.320. The number of imidazole rings is 1. The molecule has 0 saturated carbocycles. The van der Waals surface area contributed by atoms with Crippen molar-refractivity contribution in [2.24, 2.45) is 0 Å². The molecule has 1 N–H and O–H groups in total. The Morgan fingerprint density at radius 2 is 2.19 bits per heavy atom. The summed E-state index contributed by atoms with van der Waals surface area (Å²) in [5.41, 5.74) is 2.87. The maximum absolute atomic E-state index is 13.3. The summed E-state index contributed by atoms with van der Waals surface area (Å²) in [5, 5.41) is 4.19. The molecule has 0 unspecified atom stereocenters. The molecule has 32 heavy (non-hydrogen) atoms. The number of benzene rings is 2. The molecule has 5 rings (SSSR count). The molecule has 2 aliphatic rings. The molecular formula is C25H24F2N4O. The Morgan fingerprint density at radius 3 is 2.97 bits per heavy atom. The van der Waals surface area contributed by atoms with E-state index in [1.54, 1.807) is 12.1 Å². The topological polar surface area (TPSA) is 42.3 Å². The van der Waals surface area contributed by atoms with Gasteiger partial charge in [-0.15, -0.1) is 0 Å². The van der Waals surface area contributed by atoms with Crippen molar-refractivity contribution < 1.29 is 17.6 Å². The number of fused-ring (bicyclic) bond motifs is 8. The minimum atomic E-state index is -3.01. The number of hydrogen-bond donors (Lipinski definition) is 1. The zero-order chi connectivity index (χ0) is 24.9. The van der Waals surface area contributed by atoms with Gasteiger partial charge < -0.3 is 15.0 Å². The summed E-state index contributed by atoms with van der Waals surface area (Å²) in [6.45, 7) is -0.827. The minimum Gasteiger partial charge on any atom is -0.434 e. The standard InChI is InChI=1S/C25H24F2N4O/c1-15(2)28-11-5-6-16-9-10-18-19(12-16)31-20-13-21(24(31)29-18)30(3)14-17-7-4-8-22(23(17)20)32-25(26)27/h4,7-10,12,14-15,21,25,28H,11,13H2,1-3H3/t21-/m1/s1/i3D3. The van der Waals surface area contributed by atoms with Crippen LogP contribution in [-0.4, -0.2) is 40.6 Å². The van der Waals surface area contributed by atoms with Crippen molar-refractivity contribution >= 4 is 22.9 Å². The summed E-state index contributed by atoms with van der Waals surface area (Å²) in [4.78, 5) is 6.03. The Morgan fingerprint density at radius 1 is 1.31 bits per heavy atom. The van der Waals surface area contributed by atoms with E-state index in [-0.39, 0.29) is 12.2 Å². The van der Waals surface area contributed by atoms with Crippen LogP contribution in [0.25, 0.3) is 22.9 Å². The molecule has 1 atom stereocenters. The highest BCUT2D eigenvalue weighted by Crippen LogP contribution is 2.40. The third-order valence-electron chi connectivity index (χ3n) is 5.64. The predicted octanol–water partition coefficient (Wildman–Crippen LogP) is 2.77. The van der Waals surface area contributed by atoms with Crippen LogP contribution in [0.4, 0.5) is 8.78 Å². The van der Waals surface area contributed by atoms with E-state index in [4.69, 9.17) is 13.8 Å². The van der Waals surface area contributed by atoms with Crippen LogP contribution in [0.5, 0.6) is 5.75 Å². The molecule has 2 aromatic carbocycles. The van der Waals surface area contributed by atoms with Gasteiger partial charge in [0.2, 0.25) is 0 Å². The summed E-state index contributed by atoms with van der Waals surface area (Å²) in [6.07, 6.45) is 1.79. The first-order valence-corrected chi connectivity index (χ1v) is 10.5. The molecular weight excluding hydrogens is 410 g/mol. The zero-order valence-electron chi connectivity index (χ0n) is 20.7. The average Bonchev–Trinajstić information content (AvgIpc) is 3.24. The summed E-state index contributed by atoms with van der Waals surface area (Å²) >= 11 is 0. The molecule has 2 bridgehead atoms. The van der Waals surface area contributed by atoms with E-state index in [0.717, 1.165) is 11.1 Å². The van der Waals surface area contributed by atoms with E-state index in [1.807, 2.05) is 36.6 Å². The van der Waals surface area contributed by atoms with E-state index < -0.39 is 19.6 Å². The van der Waals surface area contributed by atoms with Gasteiger partial charge in [0.1, 0.15) is 11.6 Å². The number of alkyl halides is 2. The van der Waals surface area contributed by atoms with Crippen LogP contribution in [0.2, 0.25) is 0 Å². The summed E-state index contributed by atoms with van der Waals surface area (Å²) < 4.78 is 57.6. The first-order chi connectivity index (χ1) is 16.6. The van der Waals surface area contributed by atoms with Gasteiger partial charge in [-0.25, -0.2) is 4.98 Å². The highest BCUT2D eigenvalue weighted by atomic mass is 19.3. The second-order valence-electron chi connectivity index (χ2n) is 8.15. The van der Waals surface area contributed by atoms with Crippen molar-refractivity contribution in [3.8, 4) is 17.6 Å². The van der Waals surface area contributed by atoms with Crippen molar-refractivity contribution in [1.82, 2.24) is 19.8 Å². The fourth-order valence-electron chi connectivity index (χ4n) is 4.28. The van der Waals surface area contributed by atoms with Gasteiger partial charge >= 0.3 is 6.61 Å². The highest BCUT2D eigenvalue weighted by molar-refractivity contribution is 5.83. The third-order valence-corrected chi connectivity index (χ3v) is 5.64. The number of rotatable bonds is 4. The van der Waals surface area contributed by atoms with E-state index in [1.165, 1.54) is 17.2 Å². The average molecular weight is 438 g/mol. The molecule has 3 heterocycles. The van der Waals surface area contributed by atoms with Crippen molar-refractivity contribution in [3.63, 3.8) is 0 Å². The Hall–Kier alpha value is -3.37. The molecule has 5 nitrogen and oxygen atoms in total. The van der Waals surface area contributed by atoms with Crippen LogP contribution >= 0.6 is 0 Å². The third kappa shape index (κ3) is 3.51. The van der Waals surface area contributed by atoms with Crippen LogP contribution < -0.4 is 20.5 Å².